The molecule has 140 valence electrons. The fourth-order valence-electron chi connectivity index (χ4n) is 2.42. The van der Waals surface area contributed by atoms with Gasteiger partial charge in [0, 0.05) is 0 Å². The summed E-state index contributed by atoms with van der Waals surface area (Å²) in [5, 5.41) is 8.52. The third-order valence-electron chi connectivity index (χ3n) is 3.68. The van der Waals surface area contributed by atoms with Gasteiger partial charge in [0.15, 0.2) is 0 Å². The predicted molar refractivity (Wildman–Crippen MR) is 95.7 cm³/mol. The van der Waals surface area contributed by atoms with E-state index in [9.17, 15) is 17.6 Å². The van der Waals surface area contributed by atoms with Crippen LogP contribution in [0.3, 0.4) is 0 Å². The Bertz CT molecular complexity index is 1010. The Morgan fingerprint density at radius 3 is 2.48 bits per heavy atom. The molecular weight excluding hydrogens is 373 g/mol. The molecular formula is C17H16FN5O3S. The molecule has 1 atom stereocenters. The minimum atomic E-state index is -4.27. The van der Waals surface area contributed by atoms with Crippen LogP contribution in [0, 0.1) is 5.82 Å². The zero-order valence-electron chi connectivity index (χ0n) is 14.0. The van der Waals surface area contributed by atoms with E-state index in [4.69, 9.17) is 0 Å². The molecule has 3 rings (SSSR count). The maximum atomic E-state index is 13.9. The number of amides is 1. The second kappa shape index (κ2) is 8.06. The largest absolute Gasteiger partial charge is 0.294 e. The number of carbonyl (C=O) groups is 1. The first-order valence-corrected chi connectivity index (χ1v) is 9.41. The summed E-state index contributed by atoms with van der Waals surface area (Å²) in [7, 11) is -4.27. The number of sulfonamides is 1. The molecule has 0 saturated heterocycles. The fraction of sp³-hybridized carbons (Fsp3) is 0.118. The molecule has 1 aromatic heterocycles. The smallest absolute Gasteiger partial charge is 0.245 e. The van der Waals surface area contributed by atoms with E-state index < -0.39 is 32.7 Å². The van der Waals surface area contributed by atoms with Crippen molar-refractivity contribution in [2.45, 2.75) is 17.4 Å². The van der Waals surface area contributed by atoms with Crippen LogP contribution in [0.15, 0.2) is 65.8 Å². The minimum absolute atomic E-state index is 0.0640. The van der Waals surface area contributed by atoms with Gasteiger partial charge in [-0.05, 0) is 24.1 Å². The Hall–Kier alpha value is -3.11. The number of carbonyl (C=O) groups excluding carboxylic acids is 1. The lowest BCUT2D eigenvalue weighted by atomic mass is 10.1. The summed E-state index contributed by atoms with van der Waals surface area (Å²) in [6, 6.07) is 12.6. The molecule has 0 spiro atoms. The summed E-state index contributed by atoms with van der Waals surface area (Å²) >= 11 is 0. The highest BCUT2D eigenvalue weighted by Gasteiger charge is 2.28. The van der Waals surface area contributed by atoms with Crippen molar-refractivity contribution in [2.24, 2.45) is 0 Å². The van der Waals surface area contributed by atoms with E-state index in [1.807, 2.05) is 0 Å². The molecule has 1 heterocycles. The Kier molecular flexibility index (Phi) is 5.57. The Morgan fingerprint density at radius 2 is 1.81 bits per heavy atom. The van der Waals surface area contributed by atoms with Gasteiger partial charge in [-0.1, -0.05) is 42.5 Å². The van der Waals surface area contributed by atoms with Crippen LogP contribution >= 0.6 is 0 Å². The highest BCUT2D eigenvalue weighted by Crippen LogP contribution is 2.15. The Labute approximate surface area is 154 Å². The molecule has 1 amide bonds. The first-order chi connectivity index (χ1) is 13.0. The van der Waals surface area contributed by atoms with Crippen LogP contribution in [-0.4, -0.2) is 35.5 Å². The predicted octanol–water partition coefficient (Wildman–Crippen LogP) is 1.47. The second-order valence-corrected chi connectivity index (χ2v) is 7.30. The van der Waals surface area contributed by atoms with Crippen LogP contribution in [0.25, 0.3) is 0 Å². The average molecular weight is 389 g/mol. The van der Waals surface area contributed by atoms with Gasteiger partial charge in [0.2, 0.25) is 21.9 Å². The van der Waals surface area contributed by atoms with E-state index in [1.165, 1.54) is 18.5 Å². The van der Waals surface area contributed by atoms with E-state index in [2.05, 4.69) is 25.2 Å². The van der Waals surface area contributed by atoms with Crippen molar-refractivity contribution in [3.05, 3.63) is 72.3 Å². The first-order valence-electron chi connectivity index (χ1n) is 7.93. The molecule has 0 aliphatic carbocycles. The summed E-state index contributed by atoms with van der Waals surface area (Å²) in [6.07, 6.45) is 1.26. The van der Waals surface area contributed by atoms with E-state index in [0.717, 1.165) is 17.7 Å². The number of aromatic nitrogens is 3. The number of rotatable bonds is 7. The molecule has 3 N–H and O–H groups in total. The van der Waals surface area contributed by atoms with Gasteiger partial charge in [0.25, 0.3) is 0 Å². The van der Waals surface area contributed by atoms with Gasteiger partial charge in [-0.3, -0.25) is 10.1 Å². The van der Waals surface area contributed by atoms with Gasteiger partial charge >= 0.3 is 0 Å². The maximum Gasteiger partial charge on any atom is 0.245 e. The normalized spacial score (nSPS) is 12.5. The molecule has 0 aliphatic heterocycles. The van der Waals surface area contributed by atoms with Gasteiger partial charge in [-0.25, -0.2) is 17.9 Å². The molecule has 1 unspecified atom stereocenters. The Morgan fingerprint density at radius 1 is 1.11 bits per heavy atom. The molecule has 10 heteroatoms. The van der Waals surface area contributed by atoms with E-state index in [0.29, 0.717) is 0 Å². The monoisotopic (exact) mass is 389 g/mol. The molecule has 2 aromatic carbocycles. The topological polar surface area (TPSA) is 117 Å². The van der Waals surface area contributed by atoms with Crippen LogP contribution in [-0.2, 0) is 21.2 Å². The molecule has 3 aromatic rings. The third-order valence-corrected chi connectivity index (χ3v) is 5.18. The van der Waals surface area contributed by atoms with Gasteiger partial charge in [-0.2, -0.15) is 14.8 Å². The lowest BCUT2D eigenvalue weighted by Gasteiger charge is -2.18. The van der Waals surface area contributed by atoms with Crippen molar-refractivity contribution in [3.8, 4) is 0 Å². The quantitative estimate of drug-likeness (QED) is 0.566. The number of anilines is 1. The second-order valence-electron chi connectivity index (χ2n) is 5.62. The summed E-state index contributed by atoms with van der Waals surface area (Å²) in [6.45, 7) is 0. The van der Waals surface area contributed by atoms with Crippen molar-refractivity contribution >= 4 is 21.9 Å². The highest BCUT2D eigenvalue weighted by atomic mass is 32.2. The molecule has 0 radical (unpaired) electrons. The lowest BCUT2D eigenvalue weighted by molar-refractivity contribution is -0.117. The average Bonchev–Trinajstić information content (AvgIpc) is 3.15. The number of aromatic amines is 1. The number of H-pyrrole nitrogens is 1. The molecule has 8 nitrogen and oxygen atoms in total. The van der Waals surface area contributed by atoms with Crippen LogP contribution < -0.4 is 10.0 Å². The zero-order valence-corrected chi connectivity index (χ0v) is 14.8. The molecule has 0 fully saturated rings. The molecule has 27 heavy (non-hydrogen) atoms. The van der Waals surface area contributed by atoms with Crippen LogP contribution in [0.4, 0.5) is 10.3 Å². The molecule has 0 aliphatic rings. The minimum Gasteiger partial charge on any atom is -0.294 e. The number of benzene rings is 2. The molecule has 0 saturated carbocycles. The van der Waals surface area contributed by atoms with Crippen molar-refractivity contribution in [1.82, 2.24) is 19.9 Å². The number of nitrogens with zero attached hydrogens (tertiary/aromatic N) is 2. The lowest BCUT2D eigenvalue weighted by Crippen LogP contribution is -2.45. The van der Waals surface area contributed by atoms with Gasteiger partial charge in [0.05, 0.1) is 0 Å². The summed E-state index contributed by atoms with van der Waals surface area (Å²) in [5.74, 6) is -1.49. The first kappa shape index (κ1) is 18.7. The number of nitrogens with one attached hydrogen (secondary N) is 3. The van der Waals surface area contributed by atoms with Crippen molar-refractivity contribution < 1.29 is 17.6 Å². The summed E-state index contributed by atoms with van der Waals surface area (Å²) in [4.78, 5) is 15.8. The number of halogens is 1. The van der Waals surface area contributed by atoms with Crippen LogP contribution in [0.5, 0.6) is 0 Å². The van der Waals surface area contributed by atoms with Crippen LogP contribution in [0.2, 0.25) is 0 Å². The maximum absolute atomic E-state index is 13.9. The van der Waals surface area contributed by atoms with Gasteiger partial charge < -0.3 is 0 Å². The zero-order chi connectivity index (χ0) is 19.3. The van der Waals surface area contributed by atoms with Gasteiger partial charge in [0.1, 0.15) is 23.1 Å². The summed E-state index contributed by atoms with van der Waals surface area (Å²) in [5.41, 5.74) is 0.728. The molecule has 0 bridgehead atoms. The van der Waals surface area contributed by atoms with E-state index in [-0.39, 0.29) is 12.4 Å². The van der Waals surface area contributed by atoms with Crippen molar-refractivity contribution in [1.29, 1.82) is 0 Å². The standard InChI is InChI=1S/C17H16FN5O3S/c18-13-8-4-5-9-15(13)27(25,26)23-14(10-12-6-2-1-3-7-12)16(24)21-17-19-11-20-22-17/h1-9,11,14,23H,10H2,(H2,19,20,21,22,24). The number of hydrogen-bond donors (Lipinski definition) is 3. The fourth-order valence-corrected chi connectivity index (χ4v) is 3.70. The third kappa shape index (κ3) is 4.74. The van der Waals surface area contributed by atoms with Crippen LogP contribution in [0.1, 0.15) is 5.56 Å². The SMILES string of the molecule is O=C(Nc1ncn[nH]1)C(Cc1ccccc1)NS(=O)(=O)c1ccccc1F. The summed E-state index contributed by atoms with van der Waals surface area (Å²) < 4.78 is 41.4. The Balaban J connectivity index is 1.87. The number of hydrogen-bond acceptors (Lipinski definition) is 5. The van der Waals surface area contributed by atoms with E-state index >= 15 is 0 Å². The van der Waals surface area contributed by atoms with E-state index in [1.54, 1.807) is 30.3 Å². The van der Waals surface area contributed by atoms with Gasteiger partial charge in [-0.15, -0.1) is 0 Å². The highest BCUT2D eigenvalue weighted by molar-refractivity contribution is 7.89. The van der Waals surface area contributed by atoms with Crippen molar-refractivity contribution in [3.63, 3.8) is 0 Å². The van der Waals surface area contributed by atoms with Crippen molar-refractivity contribution in [2.75, 3.05) is 5.32 Å².